The molecule has 0 bridgehead atoms. The zero-order chi connectivity index (χ0) is 48.8. The standard InChI is InChI=1S/C25H29N5O3S.C17H22N2OS.C9H10N2O3/c1-14-3-5-20(16-4-6-21-19(10-16)29-24(34-21)17-7-8-33-13-17)30(12-14)25(32)23(31)28-18-9-15(2)22(26)27-11-18;1-11-2-4-14(18-9-11)12-3-5-16-15(8-12)19-17(21-16)13-6-7-20-10-13;1-5-2-6(4-11-8(5)10)3-7(12)9(13)14/h4,6,9-11,14,17,20H,3,5,7-8,12-13H2,1-2H3,(H2,26,27)(H,28,31);3,5,8,11,13-14,18H,2,4,6-7,9-10H2,1H3;2,4H,3H2,1H3,(H2,10,11)(H,13,14)/t14-,17?,20+;11-,13?,14+;/m00./s1. The molecular formula is C51H61N9O7S2. The minimum atomic E-state index is -1.43. The molecule has 6 aromatic rings. The van der Waals surface area contributed by atoms with Crippen LogP contribution in [0.25, 0.3) is 20.4 Å². The fourth-order valence-electron chi connectivity index (χ4n) is 9.13. The Morgan fingerprint density at radius 2 is 1.36 bits per heavy atom. The molecule has 7 N–H and O–H groups in total. The number of piperidine rings is 2. The van der Waals surface area contributed by atoms with Gasteiger partial charge in [-0.15, -0.1) is 22.7 Å². The Kier molecular flexibility index (Phi) is 15.9. The topological polar surface area (TPSA) is 238 Å². The van der Waals surface area contributed by atoms with Gasteiger partial charge in [0.2, 0.25) is 5.78 Å². The van der Waals surface area contributed by atoms with E-state index in [-0.39, 0.29) is 12.5 Å². The first-order valence-corrected chi connectivity index (χ1v) is 25.3. The molecule has 4 aliphatic rings. The van der Waals surface area contributed by atoms with Crippen LogP contribution >= 0.6 is 22.7 Å². The number of Topliss-reactive ketones (excluding diaryl/α,β-unsaturated/α-hetero) is 1. The van der Waals surface area contributed by atoms with Gasteiger partial charge in [-0.25, -0.2) is 24.7 Å². The smallest absolute Gasteiger partial charge is 0.372 e. The number of nitrogen functional groups attached to an aromatic ring is 2. The maximum Gasteiger partial charge on any atom is 0.372 e. The van der Waals surface area contributed by atoms with Crippen LogP contribution in [-0.4, -0.2) is 93.0 Å². The van der Waals surface area contributed by atoms with Crippen molar-refractivity contribution in [3.63, 3.8) is 0 Å². The van der Waals surface area contributed by atoms with Crippen LogP contribution in [0.3, 0.4) is 0 Å². The fourth-order valence-corrected chi connectivity index (χ4v) is 11.3. The number of amides is 2. The summed E-state index contributed by atoms with van der Waals surface area (Å²) in [6, 6.07) is 16.8. The van der Waals surface area contributed by atoms with Crippen molar-refractivity contribution in [3.8, 4) is 0 Å². The number of carbonyl (C=O) groups is 4. The number of aliphatic carboxylic acids is 1. The van der Waals surface area contributed by atoms with Gasteiger partial charge >= 0.3 is 17.8 Å². The molecule has 16 nitrogen and oxygen atoms in total. The number of likely N-dealkylation sites (tertiary alicyclic amines) is 1. The monoisotopic (exact) mass is 975 g/mol. The number of nitrogens with one attached hydrogen (secondary N) is 2. The molecule has 2 amide bonds. The Hall–Kier alpha value is -5.92. The van der Waals surface area contributed by atoms with E-state index in [1.54, 1.807) is 35.3 Å². The molecule has 4 aromatic heterocycles. The van der Waals surface area contributed by atoms with Gasteiger partial charge in [-0.1, -0.05) is 32.0 Å². The third-order valence-corrected chi connectivity index (χ3v) is 15.7. The van der Waals surface area contributed by atoms with Crippen molar-refractivity contribution in [1.82, 2.24) is 30.2 Å². The highest BCUT2D eigenvalue weighted by Gasteiger charge is 2.35. The van der Waals surface area contributed by atoms with Gasteiger partial charge in [0.25, 0.3) is 0 Å². The Morgan fingerprint density at radius 1 is 0.768 bits per heavy atom. The molecule has 8 heterocycles. The van der Waals surface area contributed by atoms with Gasteiger partial charge in [-0.05, 0) is 129 Å². The average Bonchev–Trinajstić information content (AvgIpc) is 4.19. The number of hydrogen-bond acceptors (Lipinski definition) is 15. The van der Waals surface area contributed by atoms with Crippen molar-refractivity contribution in [2.75, 3.05) is 56.3 Å². The molecule has 364 valence electrons. The van der Waals surface area contributed by atoms with E-state index < -0.39 is 23.6 Å². The molecule has 4 saturated heterocycles. The molecule has 0 spiro atoms. The predicted molar refractivity (Wildman–Crippen MR) is 269 cm³/mol. The minimum absolute atomic E-state index is 0.149. The largest absolute Gasteiger partial charge is 0.475 e. The Labute approximate surface area is 409 Å². The van der Waals surface area contributed by atoms with Crippen molar-refractivity contribution < 1.29 is 33.8 Å². The van der Waals surface area contributed by atoms with Gasteiger partial charge in [-0.3, -0.25) is 14.4 Å². The minimum Gasteiger partial charge on any atom is -0.475 e. The first-order chi connectivity index (χ1) is 33.2. The van der Waals surface area contributed by atoms with Crippen LogP contribution in [0.2, 0.25) is 0 Å². The first kappa shape index (κ1) is 49.5. The number of aromatic nitrogens is 4. The molecule has 0 aliphatic carbocycles. The second-order valence-corrected chi connectivity index (χ2v) is 20.9. The van der Waals surface area contributed by atoms with E-state index in [2.05, 4.69) is 70.8 Å². The number of carboxylic acids is 1. The van der Waals surface area contributed by atoms with Crippen LogP contribution < -0.4 is 22.1 Å². The number of ether oxygens (including phenoxy) is 2. The summed E-state index contributed by atoms with van der Waals surface area (Å²) in [5.74, 6) is -0.688. The van der Waals surface area contributed by atoms with E-state index in [0.29, 0.717) is 53.2 Å². The van der Waals surface area contributed by atoms with Crippen molar-refractivity contribution in [1.29, 1.82) is 0 Å². The van der Waals surface area contributed by atoms with E-state index in [9.17, 15) is 19.2 Å². The summed E-state index contributed by atoms with van der Waals surface area (Å²) < 4.78 is 13.5. The average molecular weight is 976 g/mol. The Bertz CT molecular complexity index is 2810. The van der Waals surface area contributed by atoms with E-state index in [1.165, 1.54) is 46.0 Å². The lowest BCUT2D eigenvalue weighted by Gasteiger charge is -2.38. The number of rotatable bonds is 8. The number of nitrogens with two attached hydrogens (primary N) is 2. The molecule has 6 atom stereocenters. The summed E-state index contributed by atoms with van der Waals surface area (Å²) in [5.41, 5.74) is 18.3. The second kappa shape index (κ2) is 22.2. The van der Waals surface area contributed by atoms with E-state index in [4.69, 9.17) is 36.0 Å². The molecule has 4 fully saturated rings. The summed E-state index contributed by atoms with van der Waals surface area (Å²) in [4.78, 5) is 66.6. The number of benzene rings is 2. The molecule has 4 aliphatic heterocycles. The SMILES string of the molecule is C[C@H]1CC[C@H](c2ccc3sc(C4CCOC4)nc3c2)NC1.Cc1cc(CC(=O)C(=O)O)cnc1N.Cc1cc(NC(=O)C(=O)N2C[C@@H](C)CC[C@@H]2c2ccc3sc(C4CCOC4)nc3c2)cnc1N. The lowest BCUT2D eigenvalue weighted by atomic mass is 9.89. The fraction of sp³-hybridized carbons (Fsp3) is 0.451. The van der Waals surface area contributed by atoms with E-state index in [1.807, 2.05) is 18.3 Å². The quantitative estimate of drug-likeness (QED) is 0.0908. The third kappa shape index (κ3) is 12.3. The number of pyridine rings is 2. The molecule has 2 unspecified atom stereocenters. The summed E-state index contributed by atoms with van der Waals surface area (Å²) in [5, 5.41) is 17.1. The lowest BCUT2D eigenvalue weighted by molar-refractivity contribution is -0.148. The molecule has 18 heteroatoms. The summed E-state index contributed by atoms with van der Waals surface area (Å²) in [6.07, 6.45) is 9.21. The van der Waals surface area contributed by atoms with Crippen molar-refractivity contribution in [2.24, 2.45) is 11.8 Å². The van der Waals surface area contributed by atoms with Crippen molar-refractivity contribution in [3.05, 3.63) is 98.8 Å². The molecule has 2 aromatic carbocycles. The van der Waals surface area contributed by atoms with Crippen molar-refractivity contribution >= 4 is 84.0 Å². The number of carboxylic acid groups (broad SMARTS) is 1. The molecule has 10 rings (SSSR count). The molecule has 0 saturated carbocycles. The number of ketones is 1. The van der Waals surface area contributed by atoms with Gasteiger partial charge in [0.1, 0.15) is 11.6 Å². The zero-order valence-electron chi connectivity index (χ0n) is 39.5. The highest BCUT2D eigenvalue weighted by molar-refractivity contribution is 7.19. The molecule has 69 heavy (non-hydrogen) atoms. The number of fused-ring (bicyclic) bond motifs is 2. The number of nitrogens with zero attached hydrogens (tertiary/aromatic N) is 5. The maximum atomic E-state index is 13.3. The van der Waals surface area contributed by atoms with Crippen molar-refractivity contribution in [2.45, 2.75) is 96.6 Å². The van der Waals surface area contributed by atoms with Gasteiger partial charge < -0.3 is 41.6 Å². The van der Waals surface area contributed by atoms with Gasteiger partial charge in [0.15, 0.2) is 0 Å². The number of carbonyl (C=O) groups excluding carboxylic acids is 3. The summed E-state index contributed by atoms with van der Waals surface area (Å²) >= 11 is 3.55. The zero-order valence-corrected chi connectivity index (χ0v) is 41.2. The second-order valence-electron chi connectivity index (χ2n) is 18.8. The van der Waals surface area contributed by atoms with Gasteiger partial charge in [0.05, 0.1) is 61.6 Å². The third-order valence-electron chi connectivity index (χ3n) is 13.3. The molecule has 0 radical (unpaired) electrons. The highest BCUT2D eigenvalue weighted by atomic mass is 32.1. The van der Waals surface area contributed by atoms with E-state index in [0.717, 1.165) is 96.5 Å². The van der Waals surface area contributed by atoms with Crippen LogP contribution in [0.1, 0.15) is 114 Å². The Balaban J connectivity index is 0.000000155. The summed E-state index contributed by atoms with van der Waals surface area (Å²) in [7, 11) is 0. The van der Waals surface area contributed by atoms with Crippen LogP contribution in [0.5, 0.6) is 0 Å². The van der Waals surface area contributed by atoms with Gasteiger partial charge in [0, 0.05) is 50.3 Å². The number of hydrogen-bond donors (Lipinski definition) is 5. The van der Waals surface area contributed by atoms with Crippen LogP contribution in [-0.2, 0) is 35.1 Å². The number of aryl methyl sites for hydroxylation is 2. The lowest BCUT2D eigenvalue weighted by Crippen LogP contribution is -2.46. The first-order valence-electron chi connectivity index (χ1n) is 23.7. The predicted octanol–water partition coefficient (Wildman–Crippen LogP) is 8.05. The summed E-state index contributed by atoms with van der Waals surface area (Å²) in [6.45, 7) is 12.9. The van der Waals surface area contributed by atoms with Crippen LogP contribution in [0.4, 0.5) is 17.3 Å². The van der Waals surface area contributed by atoms with Gasteiger partial charge in [-0.2, -0.15) is 0 Å². The van der Waals surface area contributed by atoms with Crippen LogP contribution in [0, 0.1) is 25.7 Å². The number of anilines is 3. The Morgan fingerprint density at radius 3 is 1.93 bits per heavy atom. The number of thiazole rings is 2. The molecular weight excluding hydrogens is 915 g/mol. The van der Waals surface area contributed by atoms with Crippen LogP contribution in [0.15, 0.2) is 60.9 Å². The maximum absolute atomic E-state index is 13.3. The van der Waals surface area contributed by atoms with E-state index >= 15 is 0 Å². The highest BCUT2D eigenvalue weighted by Crippen LogP contribution is 2.38. The normalized spacial score (nSPS) is 22.3.